The molecular formula is C13H17FN2O. The predicted octanol–water partition coefficient (Wildman–Crippen LogP) is 2.47. The average molecular weight is 236 g/mol. The van der Waals surface area contributed by atoms with Gasteiger partial charge in [0.2, 0.25) is 5.91 Å². The molecule has 1 amide bonds. The molecule has 0 atom stereocenters. The molecule has 4 heteroatoms. The molecule has 0 unspecified atom stereocenters. The van der Waals surface area contributed by atoms with Crippen LogP contribution in [0.15, 0.2) is 12.3 Å². The molecule has 2 heterocycles. The van der Waals surface area contributed by atoms with Gasteiger partial charge < -0.3 is 4.90 Å². The summed E-state index contributed by atoms with van der Waals surface area (Å²) in [5.74, 6) is -0.0417. The lowest BCUT2D eigenvalue weighted by molar-refractivity contribution is -0.128. The van der Waals surface area contributed by atoms with Gasteiger partial charge in [0.15, 0.2) is 0 Å². The zero-order valence-electron chi connectivity index (χ0n) is 10.2. The Bertz CT molecular complexity index is 431. The van der Waals surface area contributed by atoms with Crippen LogP contribution >= 0.6 is 0 Å². The topological polar surface area (TPSA) is 33.2 Å². The Morgan fingerprint density at radius 2 is 2.29 bits per heavy atom. The summed E-state index contributed by atoms with van der Waals surface area (Å²) in [6.45, 7) is 5.07. The fourth-order valence-electron chi connectivity index (χ4n) is 2.09. The predicted molar refractivity (Wildman–Crippen MR) is 62.9 cm³/mol. The second-order valence-corrected chi connectivity index (χ2v) is 4.78. The van der Waals surface area contributed by atoms with E-state index in [4.69, 9.17) is 0 Å². The number of aromatic nitrogens is 1. The van der Waals surface area contributed by atoms with Gasteiger partial charge >= 0.3 is 0 Å². The Balaban J connectivity index is 2.12. The first kappa shape index (κ1) is 12.0. The van der Waals surface area contributed by atoms with Crippen LogP contribution in [0.5, 0.6) is 0 Å². The number of rotatable bonds is 3. The minimum Gasteiger partial charge on any atom is -0.338 e. The lowest BCUT2D eigenvalue weighted by Gasteiger charge is -2.16. The maximum atomic E-state index is 13.7. The van der Waals surface area contributed by atoms with Crippen molar-refractivity contribution in [2.75, 3.05) is 6.54 Å². The highest BCUT2D eigenvalue weighted by atomic mass is 19.1. The van der Waals surface area contributed by atoms with E-state index in [-0.39, 0.29) is 17.6 Å². The zero-order valence-corrected chi connectivity index (χ0v) is 10.2. The second-order valence-electron chi connectivity index (χ2n) is 4.78. The first-order valence-corrected chi connectivity index (χ1v) is 6.00. The van der Waals surface area contributed by atoms with Crippen LogP contribution in [0.2, 0.25) is 0 Å². The molecule has 0 aromatic carbocycles. The van der Waals surface area contributed by atoms with Gasteiger partial charge in [-0.1, -0.05) is 13.8 Å². The quantitative estimate of drug-likeness (QED) is 0.807. The Labute approximate surface area is 101 Å². The Morgan fingerprint density at radius 1 is 1.53 bits per heavy atom. The standard InChI is InChI=1S/C13H17FN2O/c1-9(2)13-11(14)6-10(7-15-13)8-16-5-3-4-12(16)17/h6-7,9H,3-5,8H2,1-2H3. The van der Waals surface area contributed by atoms with E-state index in [1.807, 2.05) is 13.8 Å². The van der Waals surface area contributed by atoms with Crippen LogP contribution < -0.4 is 0 Å². The van der Waals surface area contributed by atoms with Gasteiger partial charge in [0.25, 0.3) is 0 Å². The fraction of sp³-hybridized carbons (Fsp3) is 0.538. The Morgan fingerprint density at radius 3 is 2.82 bits per heavy atom. The molecule has 0 N–H and O–H groups in total. The summed E-state index contributed by atoms with van der Waals surface area (Å²) in [7, 11) is 0. The summed E-state index contributed by atoms with van der Waals surface area (Å²) in [5, 5.41) is 0. The molecule has 0 bridgehead atoms. The summed E-state index contributed by atoms with van der Waals surface area (Å²) in [6, 6.07) is 1.49. The molecule has 0 saturated carbocycles. The maximum Gasteiger partial charge on any atom is 0.222 e. The van der Waals surface area contributed by atoms with Crippen LogP contribution in [0, 0.1) is 5.82 Å². The van der Waals surface area contributed by atoms with Gasteiger partial charge in [-0.25, -0.2) is 4.39 Å². The summed E-state index contributed by atoms with van der Waals surface area (Å²) >= 11 is 0. The first-order valence-electron chi connectivity index (χ1n) is 6.00. The van der Waals surface area contributed by atoms with E-state index in [2.05, 4.69) is 4.98 Å². The van der Waals surface area contributed by atoms with Crippen molar-refractivity contribution in [3.8, 4) is 0 Å². The Kier molecular flexibility index (Phi) is 3.41. The third-order valence-electron chi connectivity index (χ3n) is 3.02. The molecule has 0 spiro atoms. The Hall–Kier alpha value is -1.45. The van der Waals surface area contributed by atoms with Crippen molar-refractivity contribution in [1.29, 1.82) is 0 Å². The molecule has 92 valence electrons. The van der Waals surface area contributed by atoms with E-state index >= 15 is 0 Å². The average Bonchev–Trinajstić information content (AvgIpc) is 2.64. The molecule has 1 aliphatic rings. The van der Waals surface area contributed by atoms with Crippen LogP contribution in [-0.2, 0) is 11.3 Å². The number of likely N-dealkylation sites (tertiary alicyclic amines) is 1. The van der Waals surface area contributed by atoms with E-state index in [0.717, 1.165) is 18.5 Å². The molecule has 0 radical (unpaired) electrons. The minimum absolute atomic E-state index is 0.0810. The molecule has 0 aliphatic carbocycles. The molecule has 1 fully saturated rings. The number of halogens is 1. The molecule has 17 heavy (non-hydrogen) atoms. The van der Waals surface area contributed by atoms with Gasteiger partial charge in [-0.3, -0.25) is 9.78 Å². The van der Waals surface area contributed by atoms with Crippen LogP contribution in [-0.4, -0.2) is 22.3 Å². The summed E-state index contributed by atoms with van der Waals surface area (Å²) in [4.78, 5) is 17.3. The molecule has 3 nitrogen and oxygen atoms in total. The van der Waals surface area contributed by atoms with Crippen molar-refractivity contribution in [1.82, 2.24) is 9.88 Å². The number of hydrogen-bond donors (Lipinski definition) is 0. The van der Waals surface area contributed by atoms with E-state index < -0.39 is 0 Å². The van der Waals surface area contributed by atoms with Crippen LogP contribution in [0.1, 0.15) is 43.9 Å². The lowest BCUT2D eigenvalue weighted by atomic mass is 10.1. The molecule has 2 rings (SSSR count). The third kappa shape index (κ3) is 2.62. The van der Waals surface area contributed by atoms with Crippen molar-refractivity contribution in [2.24, 2.45) is 0 Å². The SMILES string of the molecule is CC(C)c1ncc(CN2CCCC2=O)cc1F. The highest BCUT2D eigenvalue weighted by molar-refractivity contribution is 5.78. The van der Waals surface area contributed by atoms with Crippen molar-refractivity contribution < 1.29 is 9.18 Å². The van der Waals surface area contributed by atoms with Crippen molar-refractivity contribution in [3.05, 3.63) is 29.3 Å². The van der Waals surface area contributed by atoms with E-state index in [9.17, 15) is 9.18 Å². The smallest absolute Gasteiger partial charge is 0.222 e. The molecule has 1 aliphatic heterocycles. The highest BCUT2D eigenvalue weighted by Crippen LogP contribution is 2.19. The van der Waals surface area contributed by atoms with E-state index in [1.165, 1.54) is 6.07 Å². The largest absolute Gasteiger partial charge is 0.338 e. The van der Waals surface area contributed by atoms with E-state index in [1.54, 1.807) is 11.1 Å². The number of carbonyl (C=O) groups excluding carboxylic acids is 1. The number of pyridine rings is 1. The van der Waals surface area contributed by atoms with Gasteiger partial charge in [0, 0.05) is 25.7 Å². The minimum atomic E-state index is -0.274. The molecule has 1 aromatic rings. The van der Waals surface area contributed by atoms with Crippen molar-refractivity contribution in [3.63, 3.8) is 0 Å². The number of carbonyl (C=O) groups is 1. The van der Waals surface area contributed by atoms with Gasteiger partial charge in [-0.05, 0) is 24.0 Å². The number of nitrogens with zero attached hydrogens (tertiary/aromatic N) is 2. The van der Waals surface area contributed by atoms with Crippen LogP contribution in [0.25, 0.3) is 0 Å². The highest BCUT2D eigenvalue weighted by Gasteiger charge is 2.20. The van der Waals surface area contributed by atoms with E-state index in [0.29, 0.717) is 18.7 Å². The summed E-state index contributed by atoms with van der Waals surface area (Å²) < 4.78 is 13.7. The molecular weight excluding hydrogens is 219 g/mol. The van der Waals surface area contributed by atoms with Crippen LogP contribution in [0.4, 0.5) is 4.39 Å². The van der Waals surface area contributed by atoms with Gasteiger partial charge in [-0.2, -0.15) is 0 Å². The van der Waals surface area contributed by atoms with Crippen molar-refractivity contribution >= 4 is 5.91 Å². The van der Waals surface area contributed by atoms with Gasteiger partial charge in [0.05, 0.1) is 5.69 Å². The van der Waals surface area contributed by atoms with Crippen LogP contribution in [0.3, 0.4) is 0 Å². The maximum absolute atomic E-state index is 13.7. The monoisotopic (exact) mass is 236 g/mol. The first-order chi connectivity index (χ1) is 8.08. The number of hydrogen-bond acceptors (Lipinski definition) is 2. The summed E-state index contributed by atoms with van der Waals surface area (Å²) in [6.07, 6.45) is 3.18. The zero-order chi connectivity index (χ0) is 12.4. The van der Waals surface area contributed by atoms with Crippen molar-refractivity contribution in [2.45, 2.75) is 39.2 Å². The summed E-state index contributed by atoms with van der Waals surface area (Å²) in [5.41, 5.74) is 1.25. The normalized spacial score (nSPS) is 16.0. The molecule has 1 saturated heterocycles. The number of amides is 1. The fourth-order valence-corrected chi connectivity index (χ4v) is 2.09. The molecule has 1 aromatic heterocycles. The van der Waals surface area contributed by atoms with Gasteiger partial charge in [0.1, 0.15) is 5.82 Å². The second kappa shape index (κ2) is 4.82. The lowest BCUT2D eigenvalue weighted by Crippen LogP contribution is -2.24. The van der Waals surface area contributed by atoms with Gasteiger partial charge in [-0.15, -0.1) is 0 Å². The third-order valence-corrected chi connectivity index (χ3v) is 3.02.